The molecule has 80 valence electrons. The lowest BCUT2D eigenvalue weighted by atomic mass is 10.0. The van der Waals surface area contributed by atoms with Crippen molar-refractivity contribution in [2.24, 2.45) is 0 Å². The molecular weight excluding hydrogens is 201 g/mol. The van der Waals surface area contributed by atoms with Crippen LogP contribution in [0.1, 0.15) is 6.92 Å². The second kappa shape index (κ2) is 2.88. The number of hydrogen-bond donors (Lipinski definition) is 2. The molecule has 0 aromatic rings. The molecule has 0 aromatic carbocycles. The third-order valence-electron chi connectivity index (χ3n) is 2.15. The number of nitrogens with zero attached hydrogens (tertiary/aromatic N) is 1. The highest BCUT2D eigenvalue weighted by Gasteiger charge is 2.60. The predicted molar refractivity (Wildman–Crippen MR) is 41.1 cm³/mol. The summed E-state index contributed by atoms with van der Waals surface area (Å²) in [5.41, 5.74) is -3.60. The van der Waals surface area contributed by atoms with E-state index in [0.29, 0.717) is 0 Å². The van der Waals surface area contributed by atoms with Crippen LogP contribution >= 0.6 is 0 Å². The topological polar surface area (TPSA) is 52.6 Å². The van der Waals surface area contributed by atoms with E-state index in [-0.39, 0.29) is 10.5 Å². The van der Waals surface area contributed by atoms with E-state index in [1.165, 1.54) is 0 Å². The summed E-state index contributed by atoms with van der Waals surface area (Å²) in [6, 6.07) is -1.00. The number of rotatable bonds is 0. The van der Waals surface area contributed by atoms with Crippen molar-refractivity contribution in [2.75, 3.05) is 7.05 Å². The Balaban J connectivity index is 3.23. The first-order chi connectivity index (χ1) is 6.21. The predicted octanol–water partition coefficient (Wildman–Crippen LogP) is 0.796. The lowest BCUT2D eigenvalue weighted by Gasteiger charge is -2.41. The molecule has 1 aliphatic heterocycles. The minimum Gasteiger partial charge on any atom is -0.360 e. The quantitative estimate of drug-likeness (QED) is 0.621. The molecule has 0 aliphatic carbocycles. The fraction of sp³-hybridized carbons (Fsp3) is 0.571. The van der Waals surface area contributed by atoms with Gasteiger partial charge < -0.3 is 10.4 Å². The molecule has 0 aromatic heterocycles. The molecule has 0 fully saturated rings. The van der Waals surface area contributed by atoms with Crippen molar-refractivity contribution in [1.29, 1.82) is 0 Å². The van der Waals surface area contributed by atoms with Crippen LogP contribution in [0.15, 0.2) is 11.8 Å². The molecule has 2 amide bonds. The van der Waals surface area contributed by atoms with Crippen LogP contribution in [0.2, 0.25) is 0 Å². The van der Waals surface area contributed by atoms with E-state index in [1.807, 2.05) is 0 Å². The summed E-state index contributed by atoms with van der Waals surface area (Å²) in [5.74, 6) is 0. The highest BCUT2D eigenvalue weighted by Crippen LogP contribution is 2.39. The minimum atomic E-state index is -4.92. The lowest BCUT2D eigenvalue weighted by molar-refractivity contribution is -0.284. The average molecular weight is 210 g/mol. The summed E-state index contributed by atoms with van der Waals surface area (Å²) in [4.78, 5) is 11.1. The Morgan fingerprint density at radius 2 is 2.07 bits per heavy atom. The van der Waals surface area contributed by atoms with Gasteiger partial charge in [0.25, 0.3) is 5.72 Å². The zero-order valence-electron chi connectivity index (χ0n) is 7.51. The molecule has 1 heterocycles. The van der Waals surface area contributed by atoms with Crippen molar-refractivity contribution in [1.82, 2.24) is 10.2 Å². The largest absolute Gasteiger partial charge is 0.441 e. The number of likely N-dealkylation sites (N-methyl/N-ethyl adjacent to an activating group) is 1. The molecule has 4 nitrogen and oxygen atoms in total. The van der Waals surface area contributed by atoms with Gasteiger partial charge in [0.15, 0.2) is 0 Å². The number of amides is 2. The van der Waals surface area contributed by atoms with Crippen LogP contribution in [0.3, 0.4) is 0 Å². The minimum absolute atomic E-state index is 0.211. The number of nitrogens with one attached hydrogen (secondary N) is 1. The van der Waals surface area contributed by atoms with Gasteiger partial charge in [-0.2, -0.15) is 13.2 Å². The molecule has 0 bridgehead atoms. The molecule has 1 rings (SSSR count). The Hall–Kier alpha value is -1.24. The fourth-order valence-corrected chi connectivity index (χ4v) is 1.19. The van der Waals surface area contributed by atoms with Crippen molar-refractivity contribution < 1.29 is 23.1 Å². The molecule has 0 radical (unpaired) electrons. The van der Waals surface area contributed by atoms with Gasteiger partial charge in [-0.05, 0) is 6.92 Å². The zero-order chi connectivity index (χ0) is 11.1. The smallest absolute Gasteiger partial charge is 0.360 e. The van der Waals surface area contributed by atoms with E-state index in [2.05, 4.69) is 5.32 Å². The molecule has 7 heteroatoms. The van der Waals surface area contributed by atoms with E-state index < -0.39 is 17.9 Å². The summed E-state index contributed by atoms with van der Waals surface area (Å²) in [6.07, 6.45) is -4.07. The van der Waals surface area contributed by atoms with Gasteiger partial charge in [-0.25, -0.2) is 4.79 Å². The van der Waals surface area contributed by atoms with E-state index in [4.69, 9.17) is 0 Å². The summed E-state index contributed by atoms with van der Waals surface area (Å²) < 4.78 is 37.5. The Bertz CT molecular complexity index is 300. The van der Waals surface area contributed by atoms with Crippen molar-refractivity contribution >= 4 is 6.03 Å². The first-order valence-corrected chi connectivity index (χ1v) is 3.72. The number of urea groups is 1. The van der Waals surface area contributed by atoms with E-state index in [9.17, 15) is 23.1 Å². The number of halogens is 3. The van der Waals surface area contributed by atoms with Crippen LogP contribution < -0.4 is 5.32 Å². The Kier molecular flexibility index (Phi) is 2.23. The molecular formula is C7H9F3N2O2. The average Bonchev–Trinajstić information content (AvgIpc) is 2.06. The number of hydrogen-bond acceptors (Lipinski definition) is 2. The van der Waals surface area contributed by atoms with Crippen molar-refractivity contribution in [3.05, 3.63) is 11.8 Å². The highest BCUT2D eigenvalue weighted by atomic mass is 19.4. The van der Waals surface area contributed by atoms with Crippen molar-refractivity contribution in [2.45, 2.75) is 18.8 Å². The van der Waals surface area contributed by atoms with Crippen LogP contribution in [0.5, 0.6) is 0 Å². The Morgan fingerprint density at radius 1 is 1.57 bits per heavy atom. The van der Waals surface area contributed by atoms with Gasteiger partial charge in [-0.15, -0.1) is 0 Å². The molecule has 1 atom stereocenters. The standard InChI is InChI=1S/C7H9F3N2O2/c1-4-3-11-5(13)12(2)6(4,14)7(8,9)10/h3,14H,1-2H3,(H,11,13). The van der Waals surface area contributed by atoms with E-state index in [1.54, 1.807) is 0 Å². The van der Waals surface area contributed by atoms with Gasteiger partial charge >= 0.3 is 12.2 Å². The number of aliphatic hydroxyl groups is 1. The van der Waals surface area contributed by atoms with Gasteiger partial charge in [0.1, 0.15) is 0 Å². The summed E-state index contributed by atoms with van der Waals surface area (Å²) >= 11 is 0. The maximum absolute atomic E-state index is 12.5. The van der Waals surface area contributed by atoms with Crippen LogP contribution in [0.25, 0.3) is 0 Å². The van der Waals surface area contributed by atoms with Crippen LogP contribution in [-0.4, -0.2) is 35.0 Å². The molecule has 2 N–H and O–H groups in total. The number of carbonyl (C=O) groups is 1. The fourth-order valence-electron chi connectivity index (χ4n) is 1.19. The number of carbonyl (C=O) groups excluding carboxylic acids is 1. The zero-order valence-corrected chi connectivity index (χ0v) is 7.51. The Morgan fingerprint density at radius 3 is 2.43 bits per heavy atom. The van der Waals surface area contributed by atoms with Gasteiger partial charge in [0, 0.05) is 18.8 Å². The lowest BCUT2D eigenvalue weighted by Crippen LogP contribution is -2.64. The molecule has 1 unspecified atom stereocenters. The summed E-state index contributed by atoms with van der Waals surface area (Å²) in [5, 5.41) is 11.5. The van der Waals surface area contributed by atoms with Gasteiger partial charge in [-0.1, -0.05) is 0 Å². The maximum Gasteiger partial charge on any atom is 0.441 e. The Labute approximate surface area is 78.0 Å². The van der Waals surface area contributed by atoms with E-state index in [0.717, 1.165) is 20.2 Å². The normalized spacial score (nSPS) is 28.6. The molecule has 0 saturated heterocycles. The van der Waals surface area contributed by atoms with Gasteiger partial charge in [-0.3, -0.25) is 4.90 Å². The summed E-state index contributed by atoms with van der Waals surface area (Å²) in [6.45, 7) is 1.09. The first-order valence-electron chi connectivity index (χ1n) is 3.72. The van der Waals surface area contributed by atoms with E-state index >= 15 is 0 Å². The van der Waals surface area contributed by atoms with Gasteiger partial charge in [0.2, 0.25) is 0 Å². The van der Waals surface area contributed by atoms with Crippen LogP contribution in [0, 0.1) is 0 Å². The monoisotopic (exact) mass is 210 g/mol. The highest BCUT2D eigenvalue weighted by molar-refractivity contribution is 5.78. The third-order valence-corrected chi connectivity index (χ3v) is 2.15. The van der Waals surface area contributed by atoms with Crippen LogP contribution in [-0.2, 0) is 0 Å². The maximum atomic E-state index is 12.5. The third kappa shape index (κ3) is 1.24. The SMILES string of the molecule is CC1=CNC(=O)N(C)C1(O)C(F)(F)F. The van der Waals surface area contributed by atoms with Crippen molar-refractivity contribution in [3.8, 4) is 0 Å². The van der Waals surface area contributed by atoms with Gasteiger partial charge in [0.05, 0.1) is 0 Å². The number of alkyl halides is 3. The molecule has 0 saturated carbocycles. The molecule has 1 aliphatic rings. The second-order valence-corrected chi connectivity index (χ2v) is 3.01. The van der Waals surface area contributed by atoms with Crippen molar-refractivity contribution in [3.63, 3.8) is 0 Å². The second-order valence-electron chi connectivity index (χ2n) is 3.01. The summed E-state index contributed by atoms with van der Waals surface area (Å²) in [7, 11) is 0.874. The molecule has 0 spiro atoms. The first kappa shape index (κ1) is 10.8. The molecule has 14 heavy (non-hydrogen) atoms. The van der Waals surface area contributed by atoms with Crippen LogP contribution in [0.4, 0.5) is 18.0 Å².